The van der Waals surface area contributed by atoms with Gasteiger partial charge in [-0.1, -0.05) is 15.9 Å². The number of nitriles is 1. The normalized spacial score (nSPS) is 11.5. The number of hydrogen-bond donors (Lipinski definition) is 0. The number of methoxy groups -OCH3 is 1. The van der Waals surface area contributed by atoms with Gasteiger partial charge in [-0.2, -0.15) is 5.26 Å². The molecule has 0 aliphatic heterocycles. The first kappa shape index (κ1) is 15.1. The number of hydrogen-bond acceptors (Lipinski definition) is 5. The number of halogens is 1. The van der Waals surface area contributed by atoms with Gasteiger partial charge in [-0.05, 0) is 37.3 Å². The van der Waals surface area contributed by atoms with Crippen LogP contribution in [0.5, 0.6) is 5.75 Å². The number of esters is 1. The van der Waals surface area contributed by atoms with Crippen molar-refractivity contribution >= 4 is 21.9 Å². The number of ether oxygens (including phenoxy) is 2. The van der Waals surface area contributed by atoms with E-state index in [2.05, 4.69) is 26.7 Å². The van der Waals surface area contributed by atoms with Crippen LogP contribution in [0.15, 0.2) is 39.2 Å². The molecular weight excluding hydrogens is 338 g/mol. The van der Waals surface area contributed by atoms with Gasteiger partial charge in [0.05, 0.1) is 12.7 Å². The molecule has 6 heteroatoms. The van der Waals surface area contributed by atoms with Crippen molar-refractivity contribution in [3.8, 4) is 11.8 Å². The zero-order chi connectivity index (χ0) is 15.4. The number of benzene rings is 1. The van der Waals surface area contributed by atoms with Crippen LogP contribution in [0.25, 0.3) is 0 Å². The first-order chi connectivity index (χ1) is 10.0. The Morgan fingerprint density at radius 1 is 1.38 bits per heavy atom. The molecule has 0 saturated carbocycles. The molecule has 108 valence electrons. The monoisotopic (exact) mass is 349 g/mol. The fourth-order valence-electron chi connectivity index (χ4n) is 1.72. The number of rotatable bonds is 4. The fraction of sp³-hybridized carbons (Fsp3) is 0.200. The van der Waals surface area contributed by atoms with Gasteiger partial charge in [0.25, 0.3) is 0 Å². The van der Waals surface area contributed by atoms with Crippen LogP contribution in [-0.2, 0) is 4.74 Å². The molecule has 5 nitrogen and oxygen atoms in total. The standard InChI is InChI=1S/C15H12BrNO4/c1-9(12-5-6-14(21-12)15(18)19-2)20-13-4-3-11(16)7-10(13)8-17/h3-7,9H,1-2H3. The molecule has 0 amide bonds. The van der Waals surface area contributed by atoms with Gasteiger partial charge >= 0.3 is 5.97 Å². The second-order valence-electron chi connectivity index (χ2n) is 4.21. The molecule has 0 saturated heterocycles. The van der Waals surface area contributed by atoms with Gasteiger partial charge < -0.3 is 13.9 Å². The summed E-state index contributed by atoms with van der Waals surface area (Å²) in [6.07, 6.45) is -0.448. The molecular formula is C15H12BrNO4. The van der Waals surface area contributed by atoms with Crippen molar-refractivity contribution < 1.29 is 18.7 Å². The van der Waals surface area contributed by atoms with Crippen LogP contribution in [0.2, 0.25) is 0 Å². The largest absolute Gasteiger partial charge is 0.481 e. The number of nitrogens with zero attached hydrogens (tertiary/aromatic N) is 1. The molecule has 1 aromatic carbocycles. The summed E-state index contributed by atoms with van der Waals surface area (Å²) in [7, 11) is 1.28. The van der Waals surface area contributed by atoms with E-state index in [1.807, 2.05) is 0 Å². The van der Waals surface area contributed by atoms with Crippen molar-refractivity contribution in [3.63, 3.8) is 0 Å². The Hall–Kier alpha value is -2.26. The van der Waals surface area contributed by atoms with Gasteiger partial charge in [0.15, 0.2) is 6.10 Å². The first-order valence-corrected chi connectivity index (χ1v) is 6.88. The van der Waals surface area contributed by atoms with E-state index in [4.69, 9.17) is 14.4 Å². The quantitative estimate of drug-likeness (QED) is 0.784. The molecule has 0 spiro atoms. The van der Waals surface area contributed by atoms with Crippen molar-refractivity contribution in [3.05, 3.63) is 51.9 Å². The van der Waals surface area contributed by atoms with Crippen molar-refractivity contribution in [1.82, 2.24) is 0 Å². The predicted octanol–water partition coefficient (Wildman–Crippen LogP) is 3.84. The van der Waals surface area contributed by atoms with E-state index in [9.17, 15) is 4.79 Å². The molecule has 2 rings (SSSR count). The zero-order valence-corrected chi connectivity index (χ0v) is 13.0. The summed E-state index contributed by atoms with van der Waals surface area (Å²) in [4.78, 5) is 11.3. The number of carbonyl (C=O) groups is 1. The minimum Gasteiger partial charge on any atom is -0.481 e. The molecule has 1 unspecified atom stereocenters. The van der Waals surface area contributed by atoms with Crippen molar-refractivity contribution in [2.24, 2.45) is 0 Å². The maximum atomic E-state index is 11.3. The van der Waals surface area contributed by atoms with Gasteiger partial charge in [0.1, 0.15) is 17.6 Å². The van der Waals surface area contributed by atoms with E-state index in [1.165, 1.54) is 13.2 Å². The molecule has 0 radical (unpaired) electrons. The Kier molecular flexibility index (Phi) is 4.66. The molecule has 1 heterocycles. The van der Waals surface area contributed by atoms with Gasteiger partial charge in [-0.25, -0.2) is 4.79 Å². The molecule has 1 atom stereocenters. The van der Waals surface area contributed by atoms with E-state index < -0.39 is 12.1 Å². The maximum absolute atomic E-state index is 11.3. The van der Waals surface area contributed by atoms with Crippen molar-refractivity contribution in [2.75, 3.05) is 7.11 Å². The molecule has 0 bridgehead atoms. The molecule has 0 fully saturated rings. The second kappa shape index (κ2) is 6.46. The third kappa shape index (κ3) is 3.44. The van der Waals surface area contributed by atoms with E-state index in [0.29, 0.717) is 17.1 Å². The Morgan fingerprint density at radius 2 is 2.14 bits per heavy atom. The highest BCUT2D eigenvalue weighted by Gasteiger charge is 2.17. The van der Waals surface area contributed by atoms with E-state index in [-0.39, 0.29) is 5.76 Å². The van der Waals surface area contributed by atoms with E-state index in [0.717, 1.165) is 4.47 Å². The molecule has 1 aromatic heterocycles. The van der Waals surface area contributed by atoms with Crippen LogP contribution >= 0.6 is 15.9 Å². The van der Waals surface area contributed by atoms with Crippen LogP contribution in [-0.4, -0.2) is 13.1 Å². The first-order valence-electron chi connectivity index (χ1n) is 6.09. The highest BCUT2D eigenvalue weighted by molar-refractivity contribution is 9.10. The summed E-state index contributed by atoms with van der Waals surface area (Å²) in [5.41, 5.74) is 0.413. The zero-order valence-electron chi connectivity index (χ0n) is 11.4. The number of furan rings is 1. The average Bonchev–Trinajstić information content (AvgIpc) is 2.98. The topological polar surface area (TPSA) is 72.5 Å². The van der Waals surface area contributed by atoms with Crippen molar-refractivity contribution in [1.29, 1.82) is 5.26 Å². The fourth-order valence-corrected chi connectivity index (χ4v) is 2.08. The molecule has 0 aliphatic rings. The Bertz CT molecular complexity index is 702. The Morgan fingerprint density at radius 3 is 2.81 bits per heavy atom. The van der Waals surface area contributed by atoms with Gasteiger partial charge in [0, 0.05) is 4.47 Å². The molecule has 21 heavy (non-hydrogen) atoms. The Balaban J connectivity index is 2.18. The van der Waals surface area contributed by atoms with Crippen LogP contribution in [0, 0.1) is 11.3 Å². The lowest BCUT2D eigenvalue weighted by Crippen LogP contribution is -2.04. The summed E-state index contributed by atoms with van der Waals surface area (Å²) in [6, 6.07) is 10.4. The SMILES string of the molecule is COC(=O)c1ccc(C(C)Oc2ccc(Br)cc2C#N)o1. The van der Waals surface area contributed by atoms with Gasteiger partial charge in [-0.15, -0.1) is 0 Å². The lowest BCUT2D eigenvalue weighted by atomic mass is 10.2. The minimum atomic E-state index is -0.546. The average molecular weight is 350 g/mol. The van der Waals surface area contributed by atoms with Crippen LogP contribution in [0.1, 0.15) is 34.9 Å². The molecule has 0 aliphatic carbocycles. The number of carbonyl (C=O) groups excluding carboxylic acids is 1. The molecule has 2 aromatic rings. The van der Waals surface area contributed by atoms with Gasteiger partial charge in [0.2, 0.25) is 5.76 Å². The second-order valence-corrected chi connectivity index (χ2v) is 5.12. The smallest absolute Gasteiger partial charge is 0.373 e. The minimum absolute atomic E-state index is 0.110. The summed E-state index contributed by atoms with van der Waals surface area (Å²) in [5.74, 6) is 0.487. The van der Waals surface area contributed by atoms with E-state index >= 15 is 0 Å². The summed E-state index contributed by atoms with van der Waals surface area (Å²) >= 11 is 3.30. The van der Waals surface area contributed by atoms with Gasteiger partial charge in [-0.3, -0.25) is 0 Å². The highest BCUT2D eigenvalue weighted by Crippen LogP contribution is 2.28. The third-order valence-electron chi connectivity index (χ3n) is 2.78. The van der Waals surface area contributed by atoms with Crippen LogP contribution in [0.3, 0.4) is 0 Å². The van der Waals surface area contributed by atoms with E-state index in [1.54, 1.807) is 31.2 Å². The maximum Gasteiger partial charge on any atom is 0.373 e. The molecule has 0 N–H and O–H groups in total. The summed E-state index contributed by atoms with van der Waals surface area (Å²) < 4.78 is 16.5. The van der Waals surface area contributed by atoms with Crippen LogP contribution in [0.4, 0.5) is 0 Å². The summed E-state index contributed by atoms with van der Waals surface area (Å²) in [5, 5.41) is 9.10. The lowest BCUT2D eigenvalue weighted by molar-refractivity contribution is 0.0558. The summed E-state index contributed by atoms with van der Waals surface area (Å²) in [6.45, 7) is 1.77. The lowest BCUT2D eigenvalue weighted by Gasteiger charge is -2.13. The Labute approximate surface area is 130 Å². The van der Waals surface area contributed by atoms with Crippen LogP contribution < -0.4 is 4.74 Å². The predicted molar refractivity (Wildman–Crippen MR) is 77.9 cm³/mol. The highest BCUT2D eigenvalue weighted by atomic mass is 79.9. The third-order valence-corrected chi connectivity index (χ3v) is 3.27. The van der Waals surface area contributed by atoms with Crippen molar-refractivity contribution in [2.45, 2.75) is 13.0 Å².